The first-order valence-electron chi connectivity index (χ1n) is 6.71. The predicted molar refractivity (Wildman–Crippen MR) is 72.9 cm³/mol. The van der Waals surface area contributed by atoms with Gasteiger partial charge in [-0.3, -0.25) is 4.79 Å². The van der Waals surface area contributed by atoms with E-state index in [4.69, 9.17) is 9.47 Å². The molecule has 1 rings (SSSR count). The molecule has 0 unspecified atom stereocenters. The molecule has 0 aromatic carbocycles. The van der Waals surface area contributed by atoms with Gasteiger partial charge in [0, 0.05) is 12.1 Å². The highest BCUT2D eigenvalue weighted by Crippen LogP contribution is 2.07. The topological polar surface area (TPSA) is 66.7 Å². The van der Waals surface area contributed by atoms with E-state index in [9.17, 15) is 9.59 Å². The van der Waals surface area contributed by atoms with Crippen LogP contribution in [0.5, 0.6) is 0 Å². The minimum Gasteiger partial charge on any atom is -0.486 e. The Labute approximate surface area is 118 Å². The highest BCUT2D eigenvalue weighted by atomic mass is 16.6. The summed E-state index contributed by atoms with van der Waals surface area (Å²) in [5.74, 6) is -0.965. The maximum atomic E-state index is 12.0. The molecular formula is C15H20NO4+. The minimum absolute atomic E-state index is 0.0471. The molecule has 0 aliphatic heterocycles. The molecule has 0 spiro atoms. The van der Waals surface area contributed by atoms with Crippen LogP contribution in [-0.2, 0) is 14.3 Å². The van der Waals surface area contributed by atoms with Crippen LogP contribution in [0.15, 0.2) is 36.4 Å². The molecule has 1 aromatic rings. The van der Waals surface area contributed by atoms with Crippen molar-refractivity contribution in [2.45, 2.75) is 26.7 Å². The summed E-state index contributed by atoms with van der Waals surface area (Å²) in [7, 11) is 0. The summed E-state index contributed by atoms with van der Waals surface area (Å²) in [6.45, 7) is 4.34. The molecule has 5 nitrogen and oxygen atoms in total. The summed E-state index contributed by atoms with van der Waals surface area (Å²) in [5.41, 5.74) is 0.452. The third kappa shape index (κ3) is 5.22. The van der Waals surface area contributed by atoms with Crippen molar-refractivity contribution in [2.75, 3.05) is 13.2 Å². The molecule has 5 heteroatoms. The van der Waals surface area contributed by atoms with Crippen LogP contribution in [0.25, 0.3) is 0 Å². The minimum atomic E-state index is -0.614. The fourth-order valence-electron chi connectivity index (χ4n) is 1.44. The fourth-order valence-corrected chi connectivity index (χ4v) is 1.44. The summed E-state index contributed by atoms with van der Waals surface area (Å²) in [5, 5.41) is 0. The van der Waals surface area contributed by atoms with E-state index in [0.29, 0.717) is 12.2 Å². The number of pyridine rings is 1. The van der Waals surface area contributed by atoms with Crippen molar-refractivity contribution in [3.63, 3.8) is 0 Å². The quantitative estimate of drug-likeness (QED) is 0.240. The molecule has 1 heterocycles. The Morgan fingerprint density at radius 2 is 2.10 bits per heavy atom. The van der Waals surface area contributed by atoms with Gasteiger partial charge in [-0.25, -0.2) is 9.78 Å². The number of nitrogens with one attached hydrogen (secondary N) is 1. The number of allylic oxidation sites excluding steroid dienone is 1. The van der Waals surface area contributed by atoms with Crippen molar-refractivity contribution in [3.05, 3.63) is 41.9 Å². The lowest BCUT2D eigenvalue weighted by atomic mass is 10.2. The molecule has 1 aromatic heterocycles. The van der Waals surface area contributed by atoms with Crippen LogP contribution in [0.2, 0.25) is 0 Å². The van der Waals surface area contributed by atoms with E-state index in [-0.39, 0.29) is 18.1 Å². The van der Waals surface area contributed by atoms with E-state index in [1.54, 1.807) is 31.5 Å². The van der Waals surface area contributed by atoms with Gasteiger partial charge in [0.05, 0.1) is 18.8 Å². The maximum Gasteiger partial charge on any atom is 0.373 e. The largest absolute Gasteiger partial charge is 0.486 e. The van der Waals surface area contributed by atoms with Gasteiger partial charge >= 0.3 is 5.97 Å². The Balaban J connectivity index is 2.82. The Morgan fingerprint density at radius 1 is 1.30 bits per heavy atom. The molecule has 0 bridgehead atoms. The zero-order valence-corrected chi connectivity index (χ0v) is 11.8. The van der Waals surface area contributed by atoms with Crippen molar-refractivity contribution >= 4 is 11.8 Å². The second-order valence-corrected chi connectivity index (χ2v) is 4.09. The summed E-state index contributed by atoms with van der Waals surface area (Å²) in [6, 6.07) is 3.37. The molecule has 0 saturated carbocycles. The molecular weight excluding hydrogens is 258 g/mol. The first-order valence-corrected chi connectivity index (χ1v) is 6.71. The Morgan fingerprint density at radius 3 is 2.70 bits per heavy atom. The summed E-state index contributed by atoms with van der Waals surface area (Å²) in [6.07, 6.45) is 6.19. The Bertz CT molecular complexity index is 468. The molecule has 0 saturated heterocycles. The van der Waals surface area contributed by atoms with E-state index in [1.165, 1.54) is 6.08 Å². The third-order valence-corrected chi connectivity index (χ3v) is 2.49. The van der Waals surface area contributed by atoms with Gasteiger partial charge in [-0.05, 0) is 19.4 Å². The molecule has 1 N–H and O–H groups in total. The molecule has 0 atom stereocenters. The Kier molecular flexibility index (Phi) is 7.03. The fraction of sp³-hybridized carbons (Fsp3) is 0.400. The number of ether oxygens (including phenoxy) is 2. The number of carbonyl (C=O) groups excluding carboxylic acids is 2. The van der Waals surface area contributed by atoms with E-state index in [0.717, 1.165) is 12.8 Å². The molecule has 0 aliphatic carbocycles. The van der Waals surface area contributed by atoms with Gasteiger partial charge in [-0.1, -0.05) is 13.3 Å². The average molecular weight is 278 g/mol. The molecule has 0 fully saturated rings. The number of H-pyrrole nitrogens is 1. The summed E-state index contributed by atoms with van der Waals surface area (Å²) >= 11 is 0. The number of carbonyl (C=O) groups is 2. The standard InChI is InChI=1S/C15H19NO4/c1-3-5-9-20-14(15(18)19-4-2)10-13(17)12-7-6-8-16-11-12/h6-8,10-11H,3-5,9H2,1-2H3/p+1/b14-10-. The van der Waals surface area contributed by atoms with E-state index < -0.39 is 5.97 Å². The van der Waals surface area contributed by atoms with Gasteiger partial charge in [0.1, 0.15) is 0 Å². The highest BCUT2D eigenvalue weighted by molar-refractivity contribution is 6.07. The van der Waals surface area contributed by atoms with Gasteiger partial charge in [0.2, 0.25) is 5.76 Å². The number of aromatic amines is 1. The van der Waals surface area contributed by atoms with Crippen LogP contribution in [-0.4, -0.2) is 25.0 Å². The number of unbranched alkanes of at least 4 members (excludes halogenated alkanes) is 1. The summed E-state index contributed by atoms with van der Waals surface area (Å²) < 4.78 is 10.2. The van der Waals surface area contributed by atoms with Crippen molar-refractivity contribution < 1.29 is 24.0 Å². The smallest absolute Gasteiger partial charge is 0.373 e. The molecule has 20 heavy (non-hydrogen) atoms. The zero-order valence-electron chi connectivity index (χ0n) is 11.8. The number of esters is 1. The first kappa shape index (κ1) is 15.9. The van der Waals surface area contributed by atoms with Crippen molar-refractivity contribution in [3.8, 4) is 0 Å². The number of hydrogen-bond acceptors (Lipinski definition) is 4. The lowest BCUT2D eigenvalue weighted by molar-refractivity contribution is -0.378. The average Bonchev–Trinajstić information content (AvgIpc) is 2.47. The lowest BCUT2D eigenvalue weighted by Crippen LogP contribution is -2.14. The van der Waals surface area contributed by atoms with Crippen LogP contribution < -0.4 is 4.98 Å². The van der Waals surface area contributed by atoms with Crippen molar-refractivity contribution in [2.24, 2.45) is 0 Å². The first-order chi connectivity index (χ1) is 9.69. The van der Waals surface area contributed by atoms with Crippen molar-refractivity contribution in [1.29, 1.82) is 0 Å². The molecule has 108 valence electrons. The lowest BCUT2D eigenvalue weighted by Gasteiger charge is -2.08. The third-order valence-electron chi connectivity index (χ3n) is 2.49. The van der Waals surface area contributed by atoms with Gasteiger partial charge in [-0.15, -0.1) is 0 Å². The highest BCUT2D eigenvalue weighted by Gasteiger charge is 2.16. The monoisotopic (exact) mass is 278 g/mol. The van der Waals surface area contributed by atoms with E-state index >= 15 is 0 Å². The normalized spacial score (nSPS) is 11.0. The van der Waals surface area contributed by atoms with E-state index in [2.05, 4.69) is 4.98 Å². The van der Waals surface area contributed by atoms with Gasteiger partial charge in [0.15, 0.2) is 18.2 Å². The second kappa shape index (κ2) is 8.85. The maximum absolute atomic E-state index is 12.0. The van der Waals surface area contributed by atoms with Crippen LogP contribution in [0.1, 0.15) is 37.0 Å². The van der Waals surface area contributed by atoms with Crippen LogP contribution >= 0.6 is 0 Å². The number of ketones is 1. The second-order valence-electron chi connectivity index (χ2n) is 4.09. The molecule has 0 radical (unpaired) electrons. The zero-order chi connectivity index (χ0) is 14.8. The SMILES string of the molecule is CCCCO/C(=C\C(=O)c1ccc[nH+]c1)C(=O)OCC. The molecule has 0 amide bonds. The van der Waals surface area contributed by atoms with Crippen LogP contribution in [0, 0.1) is 0 Å². The van der Waals surface area contributed by atoms with Gasteiger partial charge < -0.3 is 9.47 Å². The van der Waals surface area contributed by atoms with Gasteiger partial charge in [0.25, 0.3) is 0 Å². The number of rotatable bonds is 8. The van der Waals surface area contributed by atoms with Crippen molar-refractivity contribution in [1.82, 2.24) is 0 Å². The number of hydrogen-bond donors (Lipinski definition) is 0. The molecule has 0 aliphatic rings. The number of aromatic nitrogens is 1. The van der Waals surface area contributed by atoms with Crippen LogP contribution in [0.3, 0.4) is 0 Å². The predicted octanol–water partition coefficient (Wildman–Crippen LogP) is 1.95. The summed E-state index contributed by atoms with van der Waals surface area (Å²) in [4.78, 5) is 26.6. The van der Waals surface area contributed by atoms with Gasteiger partial charge in [-0.2, -0.15) is 0 Å². The van der Waals surface area contributed by atoms with Crippen LogP contribution in [0.4, 0.5) is 0 Å². The van der Waals surface area contributed by atoms with E-state index in [1.807, 2.05) is 6.92 Å². The Hall–Kier alpha value is -2.17.